The summed E-state index contributed by atoms with van der Waals surface area (Å²) >= 11 is 0. The fraction of sp³-hybridized carbons (Fsp3) is 0.250. The van der Waals surface area contributed by atoms with Gasteiger partial charge in [-0.1, -0.05) is 53.6 Å². The Labute approximate surface area is 142 Å². The first kappa shape index (κ1) is 14.0. The molecule has 3 aliphatic carbocycles. The summed E-state index contributed by atoms with van der Waals surface area (Å²) in [6, 6.07) is 9.14. The van der Waals surface area contributed by atoms with E-state index in [-0.39, 0.29) is 0 Å². The quantitative estimate of drug-likeness (QED) is 0.629. The summed E-state index contributed by atoms with van der Waals surface area (Å²) in [5, 5.41) is 5.49. The lowest BCUT2D eigenvalue weighted by Gasteiger charge is -2.21. The molecule has 0 atom stereocenters. The van der Waals surface area contributed by atoms with E-state index in [4.69, 9.17) is 0 Å². The zero-order valence-electron chi connectivity index (χ0n) is 14.4. The van der Waals surface area contributed by atoms with E-state index >= 15 is 0 Å². The van der Waals surface area contributed by atoms with Crippen LogP contribution in [0.1, 0.15) is 47.9 Å². The molecule has 0 unspecified atom stereocenters. The van der Waals surface area contributed by atoms with Crippen LogP contribution in [0.4, 0.5) is 0 Å². The van der Waals surface area contributed by atoms with Gasteiger partial charge in [-0.3, -0.25) is 0 Å². The van der Waals surface area contributed by atoms with E-state index < -0.39 is 0 Å². The van der Waals surface area contributed by atoms with Gasteiger partial charge in [0.15, 0.2) is 0 Å². The van der Waals surface area contributed by atoms with Crippen LogP contribution in [-0.4, -0.2) is 0 Å². The molecule has 1 fully saturated rings. The Morgan fingerprint density at radius 2 is 1.88 bits per heavy atom. The van der Waals surface area contributed by atoms with Crippen LogP contribution < -0.4 is 10.4 Å². The van der Waals surface area contributed by atoms with E-state index in [2.05, 4.69) is 62.4 Å². The molecule has 0 heteroatoms. The Kier molecular flexibility index (Phi) is 2.97. The molecule has 1 radical (unpaired) electrons. The van der Waals surface area contributed by atoms with E-state index in [0.717, 1.165) is 6.42 Å². The Morgan fingerprint density at radius 3 is 2.58 bits per heavy atom. The van der Waals surface area contributed by atoms with Crippen LogP contribution in [0.15, 0.2) is 42.5 Å². The monoisotopic (exact) mass is 309 g/mol. The van der Waals surface area contributed by atoms with Crippen LogP contribution in [0.3, 0.4) is 0 Å². The fourth-order valence-electron chi connectivity index (χ4n) is 4.30. The molecule has 3 aliphatic rings. The smallest absolute Gasteiger partial charge is 0.000730 e. The van der Waals surface area contributed by atoms with Gasteiger partial charge >= 0.3 is 0 Å². The molecule has 0 heterocycles. The van der Waals surface area contributed by atoms with Crippen LogP contribution >= 0.6 is 0 Å². The molecule has 0 nitrogen and oxygen atoms in total. The minimum absolute atomic E-state index is 1.05. The summed E-state index contributed by atoms with van der Waals surface area (Å²) in [5.74, 6) is 0. The lowest BCUT2D eigenvalue weighted by Crippen LogP contribution is -2.21. The highest BCUT2D eigenvalue weighted by Crippen LogP contribution is 2.31. The van der Waals surface area contributed by atoms with Gasteiger partial charge in [0, 0.05) is 0 Å². The van der Waals surface area contributed by atoms with Crippen LogP contribution in [0.25, 0.3) is 17.2 Å². The molecule has 2 aromatic carbocycles. The van der Waals surface area contributed by atoms with Gasteiger partial charge in [0.25, 0.3) is 0 Å². The largest absolute Gasteiger partial charge is 0.0801 e. The molecule has 0 spiro atoms. The second-order valence-electron chi connectivity index (χ2n) is 7.32. The van der Waals surface area contributed by atoms with Crippen molar-refractivity contribution in [2.45, 2.75) is 39.5 Å². The van der Waals surface area contributed by atoms with E-state index in [0.29, 0.717) is 0 Å². The molecule has 0 bridgehead atoms. The van der Waals surface area contributed by atoms with E-state index in [9.17, 15) is 0 Å². The first-order chi connectivity index (χ1) is 11.7. The van der Waals surface area contributed by atoms with Crippen molar-refractivity contribution in [3.8, 4) is 0 Å². The van der Waals surface area contributed by atoms with Crippen LogP contribution in [0.5, 0.6) is 0 Å². The van der Waals surface area contributed by atoms with Crippen molar-refractivity contribution < 1.29 is 0 Å². The topological polar surface area (TPSA) is 0 Å². The van der Waals surface area contributed by atoms with Crippen molar-refractivity contribution >= 4 is 17.2 Å². The average molecular weight is 309 g/mol. The highest BCUT2D eigenvalue weighted by atomic mass is 14.2. The normalized spacial score (nSPS) is 17.2. The number of hydrogen-bond acceptors (Lipinski definition) is 0. The Hall–Kier alpha value is -2.34. The van der Waals surface area contributed by atoms with Gasteiger partial charge in [0.05, 0.1) is 0 Å². The van der Waals surface area contributed by atoms with Crippen molar-refractivity contribution in [3.05, 3.63) is 85.6 Å². The van der Waals surface area contributed by atoms with Crippen molar-refractivity contribution in [2.24, 2.45) is 0 Å². The summed E-state index contributed by atoms with van der Waals surface area (Å²) in [5.41, 5.74) is 8.64. The predicted octanol–water partition coefficient (Wildman–Crippen LogP) is 4.29. The summed E-state index contributed by atoms with van der Waals surface area (Å²) in [4.78, 5) is 0. The van der Waals surface area contributed by atoms with E-state index in [1.807, 2.05) is 0 Å². The molecule has 1 saturated carbocycles. The van der Waals surface area contributed by atoms with Gasteiger partial charge in [-0.05, 0) is 88.7 Å². The summed E-state index contributed by atoms with van der Waals surface area (Å²) in [6.07, 6.45) is 15.4. The van der Waals surface area contributed by atoms with Gasteiger partial charge in [-0.25, -0.2) is 0 Å². The highest BCUT2D eigenvalue weighted by molar-refractivity contribution is 5.81. The van der Waals surface area contributed by atoms with Crippen LogP contribution in [-0.2, 0) is 0 Å². The molecule has 5 rings (SSSR count). The molecule has 2 aromatic rings. The maximum Gasteiger partial charge on any atom is -0.000730 e. The molecule has 0 N–H and O–H groups in total. The zero-order valence-corrected chi connectivity index (χ0v) is 14.4. The second kappa shape index (κ2) is 5.08. The van der Waals surface area contributed by atoms with Gasteiger partial charge in [-0.15, -0.1) is 0 Å². The molecule has 0 saturated heterocycles. The van der Waals surface area contributed by atoms with Gasteiger partial charge in [-0.2, -0.15) is 0 Å². The van der Waals surface area contributed by atoms with Gasteiger partial charge in [0.2, 0.25) is 0 Å². The van der Waals surface area contributed by atoms with Crippen molar-refractivity contribution in [3.63, 3.8) is 0 Å². The maximum atomic E-state index is 3.74. The SMILES string of the molecule is Cc1ccc2c(c1)=c1cc(C)c(=C3CCC3)c(C3=CC=CC3)c1[C]=2. The summed E-state index contributed by atoms with van der Waals surface area (Å²) < 4.78 is 0. The minimum Gasteiger partial charge on any atom is -0.0801 e. The number of rotatable bonds is 1. The third-order valence-electron chi connectivity index (χ3n) is 5.65. The lowest BCUT2D eigenvalue weighted by atomic mass is 9.83. The fourth-order valence-corrected chi connectivity index (χ4v) is 4.30. The van der Waals surface area contributed by atoms with Gasteiger partial charge in [0.1, 0.15) is 0 Å². The first-order valence-electron chi connectivity index (χ1n) is 8.99. The number of allylic oxidation sites excluding steroid dienone is 4. The number of fused-ring (bicyclic) bond motifs is 2. The van der Waals surface area contributed by atoms with Crippen LogP contribution in [0, 0.1) is 24.3 Å². The number of hydrogen-bond donors (Lipinski definition) is 0. The Bertz CT molecular complexity index is 1150. The zero-order chi connectivity index (χ0) is 16.3. The maximum absolute atomic E-state index is 3.74. The van der Waals surface area contributed by atoms with Crippen molar-refractivity contribution in [1.29, 1.82) is 0 Å². The first-order valence-corrected chi connectivity index (χ1v) is 8.99. The lowest BCUT2D eigenvalue weighted by molar-refractivity contribution is 0.750. The van der Waals surface area contributed by atoms with E-state index in [1.54, 1.807) is 5.57 Å². The van der Waals surface area contributed by atoms with Crippen molar-refractivity contribution in [1.82, 2.24) is 0 Å². The molecule has 0 aromatic heterocycles. The third kappa shape index (κ3) is 1.92. The molecule has 117 valence electrons. The molecule has 0 aliphatic heterocycles. The summed E-state index contributed by atoms with van der Waals surface area (Å²) in [6.45, 7) is 4.47. The molecule has 24 heavy (non-hydrogen) atoms. The second-order valence-corrected chi connectivity index (χ2v) is 7.32. The third-order valence-corrected chi connectivity index (χ3v) is 5.65. The highest BCUT2D eigenvalue weighted by Gasteiger charge is 2.20. The van der Waals surface area contributed by atoms with Gasteiger partial charge < -0.3 is 0 Å². The number of aryl methyl sites for hydroxylation is 2. The van der Waals surface area contributed by atoms with Crippen molar-refractivity contribution in [2.75, 3.05) is 0 Å². The summed E-state index contributed by atoms with van der Waals surface area (Å²) in [7, 11) is 0. The molecular weight excluding hydrogens is 288 g/mol. The Balaban J connectivity index is 1.99. The van der Waals surface area contributed by atoms with E-state index in [1.165, 1.54) is 68.0 Å². The molecular formula is C24H21. The predicted molar refractivity (Wildman–Crippen MR) is 101 cm³/mol. The molecule has 0 amide bonds. The standard InChI is InChI=1S/C24H21/c1-15-10-11-19-14-22-21(20(19)12-15)13-16(2)23(17-8-5-9-17)24(22)18-6-3-4-7-18/h3-4,6,10-13H,5,7-9H2,1-2H3. The minimum atomic E-state index is 1.05. The number of benzene rings is 2. The van der Waals surface area contributed by atoms with Crippen LogP contribution in [0.2, 0.25) is 0 Å². The Morgan fingerprint density at radius 1 is 1.00 bits per heavy atom. The average Bonchev–Trinajstić information content (AvgIpc) is 3.14.